The maximum absolute atomic E-state index is 15.5. The largest absolute Gasteiger partial charge is 0.508 e. The number of phenolic OH excluding ortho intramolecular Hbond substituents is 6. The van der Waals surface area contributed by atoms with Crippen LogP contribution in [0.4, 0.5) is 35.1 Å². The first-order chi connectivity index (χ1) is 67.8. The van der Waals surface area contributed by atoms with E-state index >= 15 is 35.1 Å². The zero-order valence-electron chi connectivity index (χ0n) is 83.5. The Kier molecular flexibility index (Phi) is 30.0. The van der Waals surface area contributed by atoms with Crippen LogP contribution in [0.2, 0.25) is 0 Å². The van der Waals surface area contributed by atoms with Crippen LogP contribution >= 0.6 is 0 Å². The Labute approximate surface area is 832 Å². The van der Waals surface area contributed by atoms with Gasteiger partial charge in [0.05, 0.1) is 0 Å². The molecule has 23 heteroatoms. The Morgan fingerprint density at radius 2 is 0.732 bits per heavy atom. The zero-order chi connectivity index (χ0) is 100. The molecule has 0 bridgehead atoms. The summed E-state index contributed by atoms with van der Waals surface area (Å²) in [5, 5.41) is 71.8. The van der Waals surface area contributed by atoms with Crippen LogP contribution in [0.5, 0.6) is 34.5 Å². The van der Waals surface area contributed by atoms with Gasteiger partial charge in [0.15, 0.2) is 11.5 Å². The third kappa shape index (κ3) is 20.4. The number of rotatable bonds is 24. The molecule has 1 aromatic heterocycles. The van der Waals surface area contributed by atoms with E-state index in [0.29, 0.717) is 138 Å². The summed E-state index contributed by atoms with van der Waals surface area (Å²) >= 11 is 0. The standard InChI is InChI=1S/C33H40F2N2O2.C29H35F2NO4.C29H35F2NO2.C28H39F2NO2/c1-20-5-3-7-26-23(19-37-31(20)26)14-16-36-29(39)8-4-6-22-18-33(34,35)32(2)15-13-27-25-12-10-24(38)17-21(25)9-11-28(27)30(22)32;1-28-12-11-22-21-9-7-20(33)14-18(21)6-8-23(22)27(28)19(15-29(28,30)31)3-2-4-26(36)32-16-17-5-10-24(34)25(35)13-17;1-28-15-14-24-23-13-11-22(33)16-20(23)10-12-25(24)27(28)21(17-29(28,30)31)8-5-9-26(34)32-18-19-6-3-2-4-7-19;1-27-15-14-23-22-13-11-21(32)16-18(22)10-12-24(23)26(27)19(17-28(27,29)30)6-5-9-25(33)31-20-7-3-2-4-8-20/h3,5,7,10,12,17,19,22,27-28,30,37-38H,4,6,8-9,11,13-16,18H2,1-2H3,(H,36,39);5,7,9-10,13-14,19,22-23,27,33-35H,2-4,6,8,11-12,15-16H2,1H3,(H,32,36);2-4,6-7,11,13,16,21,24-25,27,33H,5,8-10,12,14-15,17-18H2,1H3,(H,32,34);11,13,16,19-20,23-24,26,32H,2-10,12,14-15,17H2,1H3,(H,31,33)/t22-,27?,28?,30?,32-;19-,22?,23?,27?,28-;21-,24?,25?,27?,28-;19-,23?,24?,26?,27-/m0000/s1. The van der Waals surface area contributed by atoms with Crippen molar-refractivity contribution < 1.29 is 84.9 Å². The number of carbonyl (C=O) groups is 4. The lowest BCUT2D eigenvalue weighted by molar-refractivity contribution is -0.133. The topological polar surface area (TPSA) is 254 Å². The second kappa shape index (κ2) is 41.6. The maximum atomic E-state index is 15.5. The Morgan fingerprint density at radius 1 is 0.373 bits per heavy atom. The van der Waals surface area contributed by atoms with Crippen molar-refractivity contribution in [3.8, 4) is 34.5 Å². The van der Waals surface area contributed by atoms with E-state index in [9.17, 15) is 49.8 Å². The van der Waals surface area contributed by atoms with Crippen LogP contribution in [-0.2, 0) is 64.4 Å². The number of carbonyl (C=O) groups excluding carboxylic acids is 4. The van der Waals surface area contributed by atoms with Crippen molar-refractivity contribution in [2.24, 2.45) is 92.7 Å². The van der Waals surface area contributed by atoms with Crippen LogP contribution in [0.25, 0.3) is 10.9 Å². The predicted octanol–water partition coefficient (Wildman–Crippen LogP) is 26.8. The quantitative estimate of drug-likeness (QED) is 0.0202. The van der Waals surface area contributed by atoms with E-state index < -0.39 is 45.4 Å². The molecule has 8 aromatic rings. The number of nitrogens with one attached hydrogen (secondary N) is 5. The molecule has 4 amide bonds. The fraction of sp³-hybridized carbons (Fsp3) is 0.597. The van der Waals surface area contributed by atoms with Gasteiger partial charge in [0.1, 0.15) is 23.0 Å². The average Bonchev–Trinajstić information content (AvgIpc) is 1.55. The van der Waals surface area contributed by atoms with E-state index in [4.69, 9.17) is 0 Å². The molecular weight excluding hydrogens is 1810 g/mol. The third-order valence-corrected chi connectivity index (χ3v) is 38.8. The highest BCUT2D eigenvalue weighted by Crippen LogP contribution is 2.74. The van der Waals surface area contributed by atoms with Gasteiger partial charge in [-0.25, -0.2) is 35.1 Å². The Balaban J connectivity index is 0.000000125. The number of benzene rings is 7. The van der Waals surface area contributed by atoms with Crippen LogP contribution in [0.3, 0.4) is 0 Å². The minimum absolute atomic E-state index is 0.00598. The van der Waals surface area contributed by atoms with Crippen LogP contribution in [0.15, 0.2) is 146 Å². The number of halogens is 8. The van der Waals surface area contributed by atoms with Crippen molar-refractivity contribution in [3.05, 3.63) is 212 Å². The molecule has 11 N–H and O–H groups in total. The smallest absolute Gasteiger partial charge is 0.253 e. The van der Waals surface area contributed by atoms with Gasteiger partial charge in [-0.3, -0.25) is 19.2 Å². The molecule has 12 unspecified atom stereocenters. The monoisotopic (exact) mass is 1960 g/mol. The van der Waals surface area contributed by atoms with E-state index in [1.165, 1.54) is 86.9 Å². The van der Waals surface area contributed by atoms with Gasteiger partial charge in [-0.1, -0.05) is 126 Å². The number of amides is 4. The molecule has 0 radical (unpaired) electrons. The van der Waals surface area contributed by atoms with Gasteiger partial charge in [0.25, 0.3) is 23.7 Å². The van der Waals surface area contributed by atoms with Crippen molar-refractivity contribution in [3.63, 3.8) is 0 Å². The Morgan fingerprint density at radius 3 is 1.11 bits per heavy atom. The van der Waals surface area contributed by atoms with Crippen molar-refractivity contribution in [2.45, 2.75) is 345 Å². The zero-order valence-corrected chi connectivity index (χ0v) is 83.5. The second-order valence-electron chi connectivity index (χ2n) is 46.6. The highest BCUT2D eigenvalue weighted by atomic mass is 19.3. The molecule has 1 heterocycles. The summed E-state index contributed by atoms with van der Waals surface area (Å²) in [6.45, 7) is 10.7. The number of para-hydroxylation sites is 1. The minimum atomic E-state index is -2.70. The molecule has 13 aliphatic rings. The highest BCUT2D eigenvalue weighted by Gasteiger charge is 2.72. The van der Waals surface area contributed by atoms with Crippen LogP contribution in [0.1, 0.15) is 330 Å². The van der Waals surface area contributed by atoms with Crippen LogP contribution in [-0.4, -0.2) is 95.5 Å². The van der Waals surface area contributed by atoms with E-state index in [0.717, 1.165) is 119 Å². The van der Waals surface area contributed by atoms with Crippen molar-refractivity contribution in [2.75, 3.05) is 6.54 Å². The summed E-state index contributed by atoms with van der Waals surface area (Å²) in [4.78, 5) is 53.2. The molecule has 142 heavy (non-hydrogen) atoms. The maximum Gasteiger partial charge on any atom is 0.253 e. The van der Waals surface area contributed by atoms with Crippen molar-refractivity contribution in [1.82, 2.24) is 26.3 Å². The van der Waals surface area contributed by atoms with Crippen molar-refractivity contribution in [1.29, 1.82) is 0 Å². The van der Waals surface area contributed by atoms with Gasteiger partial charge in [0, 0.05) is 116 Å². The molecule has 9 fully saturated rings. The highest BCUT2D eigenvalue weighted by molar-refractivity contribution is 5.86. The lowest BCUT2D eigenvalue weighted by atomic mass is 9.53. The first kappa shape index (κ1) is 102. The predicted molar refractivity (Wildman–Crippen MR) is 536 cm³/mol. The van der Waals surface area contributed by atoms with Crippen molar-refractivity contribution >= 4 is 34.5 Å². The lowest BCUT2D eigenvalue weighted by Crippen LogP contribution is -2.47. The molecular formula is C119H149F8N5O10. The molecule has 7 aromatic carbocycles. The number of aryl methyl sites for hydroxylation is 5. The first-order valence-electron chi connectivity index (χ1n) is 53.8. The van der Waals surface area contributed by atoms with Gasteiger partial charge in [-0.15, -0.1) is 0 Å². The summed E-state index contributed by atoms with van der Waals surface area (Å²) in [7, 11) is 0. The van der Waals surface area contributed by atoms with E-state index in [1.807, 2.05) is 106 Å². The number of aromatic hydroxyl groups is 6. The summed E-state index contributed by atoms with van der Waals surface area (Å²) < 4.78 is 124. The lowest BCUT2D eigenvalue weighted by Gasteiger charge is -2.51. The number of aromatic amines is 1. The number of fused-ring (bicyclic) bond motifs is 21. The number of aromatic nitrogens is 1. The van der Waals surface area contributed by atoms with Crippen LogP contribution in [0, 0.1) is 99.6 Å². The molecule has 766 valence electrons. The summed E-state index contributed by atoms with van der Waals surface area (Å²) in [5.74, 6) is -8.23. The second-order valence-corrected chi connectivity index (χ2v) is 46.6. The number of hydrogen-bond acceptors (Lipinski definition) is 10. The van der Waals surface area contributed by atoms with E-state index in [1.54, 1.807) is 37.3 Å². The number of phenols is 6. The average molecular weight is 1960 g/mol. The van der Waals surface area contributed by atoms with E-state index in [2.05, 4.69) is 51.4 Å². The number of H-pyrrole nitrogens is 1. The number of hydrogen-bond donors (Lipinski definition) is 11. The first-order valence-corrected chi connectivity index (χ1v) is 53.8. The SMILES string of the molecule is C[C@]12CCC3c4ccc(O)cc4CCC3C1[C@@H](CCCC(=O)NC1CCCCC1)CC2(F)F.C[C@]12CCC3c4ccc(O)cc4CCC3C1[C@@H](CCCC(=O)NCc1ccc(O)c(O)c1)CC2(F)F.C[C@]12CCC3c4ccc(O)cc4CCC3C1[C@@H](CCCC(=O)NCc1ccccc1)CC2(F)F.Cc1cccc2c(CCNC(=O)CCC[C@H]3CC(F)(F)[C@@]4(C)CCC5c6ccc(O)cc6CCC5C34)c[nH]c12. The normalized spacial score (nSPS) is 31.3. The fourth-order valence-corrected chi connectivity index (χ4v) is 31.8. The van der Waals surface area contributed by atoms with Crippen LogP contribution < -0.4 is 21.3 Å². The molecule has 9 saturated carbocycles. The molecule has 20 atom stereocenters. The molecule has 0 spiro atoms. The molecule has 0 saturated heterocycles. The molecule has 13 aliphatic carbocycles. The summed E-state index contributed by atoms with van der Waals surface area (Å²) in [5.41, 5.74) is 11.1. The Hall–Kier alpha value is -9.80. The van der Waals surface area contributed by atoms with Gasteiger partial charge in [0.2, 0.25) is 23.6 Å². The number of alkyl halides is 8. The van der Waals surface area contributed by atoms with E-state index in [-0.39, 0.29) is 168 Å². The summed E-state index contributed by atoms with van der Waals surface area (Å²) in [6.07, 6.45) is 27.3. The van der Waals surface area contributed by atoms with Gasteiger partial charge < -0.3 is 56.9 Å². The molecule has 15 nitrogen and oxygen atoms in total. The molecule has 21 rings (SSSR count). The van der Waals surface area contributed by atoms with Gasteiger partial charge >= 0.3 is 0 Å². The molecule has 0 aliphatic heterocycles. The fourth-order valence-electron chi connectivity index (χ4n) is 31.8. The van der Waals surface area contributed by atoms with Gasteiger partial charge in [-0.05, 0) is 402 Å². The summed E-state index contributed by atoms with van der Waals surface area (Å²) in [6, 6.07) is 43.2. The third-order valence-electron chi connectivity index (χ3n) is 38.8. The van der Waals surface area contributed by atoms with Gasteiger partial charge in [-0.2, -0.15) is 0 Å². The Bertz CT molecular complexity index is 5840. The minimum Gasteiger partial charge on any atom is -0.508 e.